The average molecular weight is 445 g/mol. The number of hydrogen-bond donors (Lipinski definition) is 0. The smallest absolute Gasteiger partial charge is 0.233 e. The maximum absolute atomic E-state index is 13.1. The first-order valence-corrected chi connectivity index (χ1v) is 12.6. The number of likely N-dealkylation sites (tertiary alicyclic amines) is 1. The molecule has 1 amide bonds. The topological polar surface area (TPSA) is 59.0 Å². The Morgan fingerprint density at radius 2 is 1.50 bits per heavy atom. The predicted molar refractivity (Wildman–Crippen MR) is 128 cm³/mol. The van der Waals surface area contributed by atoms with E-state index in [0.29, 0.717) is 22.9 Å². The summed E-state index contributed by atoms with van der Waals surface area (Å²) >= 11 is 1.40. The first-order valence-electron chi connectivity index (χ1n) is 11.6. The number of hydrogen-bond acceptors (Lipinski definition) is 5. The van der Waals surface area contributed by atoms with Crippen molar-refractivity contribution >= 4 is 17.7 Å². The fraction of sp³-hybridized carbons (Fsp3) is 0.385. The minimum Gasteiger partial charge on any atom is -0.339 e. The van der Waals surface area contributed by atoms with E-state index in [1.165, 1.54) is 37.4 Å². The molecule has 164 valence electrons. The van der Waals surface area contributed by atoms with E-state index in [2.05, 4.69) is 15.1 Å². The molecule has 3 aromatic rings. The summed E-state index contributed by atoms with van der Waals surface area (Å²) < 4.78 is 0. The van der Waals surface area contributed by atoms with Crippen molar-refractivity contribution in [1.29, 1.82) is 0 Å². The second kappa shape index (κ2) is 9.82. The number of fused-ring (bicyclic) bond motifs is 1. The fourth-order valence-electron chi connectivity index (χ4n) is 5.10. The van der Waals surface area contributed by atoms with Crippen LogP contribution in [0.4, 0.5) is 0 Å². The van der Waals surface area contributed by atoms with Gasteiger partial charge in [-0.15, -0.1) is 10.2 Å². The molecule has 1 aliphatic carbocycles. The molecule has 2 fully saturated rings. The number of thioether (sulfide) groups is 1. The monoisotopic (exact) mass is 444 g/mol. The van der Waals surface area contributed by atoms with Gasteiger partial charge in [0.1, 0.15) is 11.4 Å². The van der Waals surface area contributed by atoms with E-state index in [9.17, 15) is 4.79 Å². The van der Waals surface area contributed by atoms with Gasteiger partial charge in [0, 0.05) is 23.7 Å². The largest absolute Gasteiger partial charge is 0.339 e. The molecule has 2 atom stereocenters. The maximum atomic E-state index is 13.1. The molecule has 2 aromatic carbocycles. The number of piperidine rings is 1. The number of carbonyl (C=O) groups is 1. The summed E-state index contributed by atoms with van der Waals surface area (Å²) in [5.74, 6) is 1.27. The second-order valence-electron chi connectivity index (χ2n) is 8.65. The van der Waals surface area contributed by atoms with Crippen molar-refractivity contribution in [1.82, 2.24) is 20.1 Å². The molecule has 0 spiro atoms. The molecule has 0 bridgehead atoms. The molecular formula is C26H28N4OS. The Labute approximate surface area is 193 Å². The van der Waals surface area contributed by atoms with Crippen molar-refractivity contribution in [2.24, 2.45) is 5.92 Å². The van der Waals surface area contributed by atoms with Crippen LogP contribution in [-0.2, 0) is 4.79 Å². The van der Waals surface area contributed by atoms with Crippen LogP contribution in [0.15, 0.2) is 65.8 Å². The highest BCUT2D eigenvalue weighted by molar-refractivity contribution is 7.99. The van der Waals surface area contributed by atoms with Crippen LogP contribution in [0.2, 0.25) is 0 Å². The zero-order valence-electron chi connectivity index (χ0n) is 18.2. The van der Waals surface area contributed by atoms with Crippen LogP contribution in [0.3, 0.4) is 0 Å². The highest BCUT2D eigenvalue weighted by Crippen LogP contribution is 2.36. The van der Waals surface area contributed by atoms with Crippen LogP contribution >= 0.6 is 11.8 Å². The average Bonchev–Trinajstić information content (AvgIpc) is 2.88. The second-order valence-corrected chi connectivity index (χ2v) is 9.60. The third kappa shape index (κ3) is 4.56. The van der Waals surface area contributed by atoms with E-state index < -0.39 is 0 Å². The van der Waals surface area contributed by atoms with Gasteiger partial charge in [-0.25, -0.2) is 4.98 Å². The first-order chi connectivity index (χ1) is 15.8. The number of amides is 1. The van der Waals surface area contributed by atoms with Crippen LogP contribution in [0.1, 0.15) is 38.5 Å². The molecule has 0 N–H and O–H groups in total. The number of nitrogens with zero attached hydrogens (tertiary/aromatic N) is 4. The molecule has 1 aromatic heterocycles. The van der Waals surface area contributed by atoms with Crippen molar-refractivity contribution < 1.29 is 4.79 Å². The Balaban J connectivity index is 1.36. The van der Waals surface area contributed by atoms with E-state index >= 15 is 0 Å². The van der Waals surface area contributed by atoms with Crippen molar-refractivity contribution in [3.63, 3.8) is 0 Å². The van der Waals surface area contributed by atoms with Crippen LogP contribution in [0.5, 0.6) is 0 Å². The molecule has 0 radical (unpaired) electrons. The van der Waals surface area contributed by atoms with Gasteiger partial charge in [-0.1, -0.05) is 85.3 Å². The Hall–Kier alpha value is -2.73. The van der Waals surface area contributed by atoms with Crippen LogP contribution < -0.4 is 0 Å². The maximum Gasteiger partial charge on any atom is 0.233 e. The van der Waals surface area contributed by atoms with Crippen molar-refractivity contribution in [2.75, 3.05) is 12.3 Å². The Bertz CT molecular complexity index is 1060. The normalized spacial score (nSPS) is 20.6. The lowest BCUT2D eigenvalue weighted by Gasteiger charge is -2.44. The summed E-state index contributed by atoms with van der Waals surface area (Å²) in [6.45, 7) is 0.891. The van der Waals surface area contributed by atoms with Crippen LogP contribution in [0.25, 0.3) is 22.5 Å². The molecule has 5 rings (SSSR count). The summed E-state index contributed by atoms with van der Waals surface area (Å²) in [7, 11) is 0. The van der Waals surface area contributed by atoms with Gasteiger partial charge < -0.3 is 4.90 Å². The minimum atomic E-state index is 0.212. The van der Waals surface area contributed by atoms with E-state index in [0.717, 1.165) is 41.9 Å². The lowest BCUT2D eigenvalue weighted by atomic mass is 9.78. The van der Waals surface area contributed by atoms with E-state index in [1.54, 1.807) is 0 Å². The third-order valence-corrected chi connectivity index (χ3v) is 7.47. The standard InChI is InChI=1S/C26H28N4OS/c31-23(30-17-9-15-19-10-7-8-16-22(19)30)18-32-26-27-24(20-11-3-1-4-12-20)25(28-29-26)21-13-5-2-6-14-21/h1-6,11-14,19,22H,7-10,15-18H2. The van der Waals surface area contributed by atoms with Gasteiger partial charge in [-0.3, -0.25) is 4.79 Å². The van der Waals surface area contributed by atoms with Gasteiger partial charge in [0.2, 0.25) is 11.1 Å². The van der Waals surface area contributed by atoms with Crippen LogP contribution in [-0.4, -0.2) is 44.3 Å². The highest BCUT2D eigenvalue weighted by Gasteiger charge is 2.35. The SMILES string of the molecule is O=C(CSc1nnc(-c2ccccc2)c(-c2ccccc2)n1)N1CCCC2CCCCC21. The summed E-state index contributed by atoms with van der Waals surface area (Å²) in [6.07, 6.45) is 7.38. The molecule has 2 unspecified atom stereocenters. The summed E-state index contributed by atoms with van der Waals surface area (Å²) in [5, 5.41) is 9.44. The quantitative estimate of drug-likeness (QED) is 0.488. The molecule has 1 saturated heterocycles. The predicted octanol–water partition coefficient (Wildman–Crippen LogP) is 5.48. The zero-order valence-corrected chi connectivity index (χ0v) is 19.0. The summed E-state index contributed by atoms with van der Waals surface area (Å²) in [4.78, 5) is 20.1. The Morgan fingerprint density at radius 3 is 2.25 bits per heavy atom. The minimum absolute atomic E-state index is 0.212. The van der Waals surface area contributed by atoms with Crippen molar-refractivity contribution in [3.05, 3.63) is 60.7 Å². The molecule has 2 aliphatic rings. The molecule has 32 heavy (non-hydrogen) atoms. The van der Waals surface area contributed by atoms with Gasteiger partial charge in [0.05, 0.1) is 5.75 Å². The number of aromatic nitrogens is 3. The van der Waals surface area contributed by atoms with Gasteiger partial charge in [0.25, 0.3) is 0 Å². The lowest BCUT2D eigenvalue weighted by Crippen LogP contribution is -2.50. The zero-order chi connectivity index (χ0) is 21.8. The van der Waals surface area contributed by atoms with Crippen LogP contribution in [0, 0.1) is 5.92 Å². The number of rotatable bonds is 5. The lowest BCUT2D eigenvalue weighted by molar-refractivity contribution is -0.134. The number of benzene rings is 2. The number of carbonyl (C=O) groups excluding carboxylic acids is 1. The van der Waals surface area contributed by atoms with Crippen molar-refractivity contribution in [3.8, 4) is 22.5 Å². The Kier molecular flexibility index (Phi) is 6.49. The summed E-state index contributed by atoms with van der Waals surface area (Å²) in [5.41, 5.74) is 3.53. The van der Waals surface area contributed by atoms with E-state index in [-0.39, 0.29) is 5.91 Å². The molecule has 6 heteroatoms. The van der Waals surface area contributed by atoms with Gasteiger partial charge in [-0.2, -0.15) is 0 Å². The van der Waals surface area contributed by atoms with Crippen molar-refractivity contribution in [2.45, 2.75) is 49.7 Å². The fourth-order valence-corrected chi connectivity index (χ4v) is 5.78. The van der Waals surface area contributed by atoms with E-state index in [1.807, 2.05) is 60.7 Å². The molecule has 1 saturated carbocycles. The van der Waals surface area contributed by atoms with Gasteiger partial charge >= 0.3 is 0 Å². The van der Waals surface area contributed by atoms with E-state index in [4.69, 9.17) is 4.98 Å². The molecular weight excluding hydrogens is 416 g/mol. The summed E-state index contributed by atoms with van der Waals surface area (Å²) in [6, 6.07) is 20.5. The molecule has 1 aliphatic heterocycles. The third-order valence-electron chi connectivity index (χ3n) is 6.65. The highest BCUT2D eigenvalue weighted by atomic mass is 32.2. The Morgan fingerprint density at radius 1 is 0.844 bits per heavy atom. The molecule has 5 nitrogen and oxygen atoms in total. The molecule has 2 heterocycles. The van der Waals surface area contributed by atoms with Gasteiger partial charge in [0.15, 0.2) is 0 Å². The first kappa shape index (κ1) is 21.1. The van der Waals surface area contributed by atoms with Gasteiger partial charge in [-0.05, 0) is 31.6 Å².